The molecule has 170 valence electrons. The summed E-state index contributed by atoms with van der Waals surface area (Å²) in [7, 11) is 3.49. The number of carbonyl (C=O) groups is 1. The fraction of sp³-hybridized carbons (Fsp3) is 0.269. The predicted molar refractivity (Wildman–Crippen MR) is 137 cm³/mol. The standard InChI is InChI=1S/C26H27N3O2S2/c1-4-21-16-22-23(33-21)27-26(29(25(22)31)15-14-18-8-6-5-7-9-18)32-17-19-10-12-20(13-11-19)24(30)28(2)3/h5-13,16H,4,14-15,17H2,1-3H3. The third-order valence-corrected chi connectivity index (χ3v) is 7.68. The van der Waals surface area contributed by atoms with E-state index in [1.807, 2.05) is 53.1 Å². The first-order valence-electron chi connectivity index (χ1n) is 11.0. The van der Waals surface area contributed by atoms with Crippen LogP contribution in [0.5, 0.6) is 0 Å². The molecule has 0 unspecified atom stereocenters. The molecule has 0 saturated carbocycles. The fourth-order valence-electron chi connectivity index (χ4n) is 3.56. The molecular formula is C26H27N3O2S2. The van der Waals surface area contributed by atoms with Crippen LogP contribution in [0.25, 0.3) is 10.2 Å². The van der Waals surface area contributed by atoms with Gasteiger partial charge in [0.25, 0.3) is 11.5 Å². The highest BCUT2D eigenvalue weighted by molar-refractivity contribution is 7.98. The zero-order valence-electron chi connectivity index (χ0n) is 19.1. The maximum atomic E-state index is 13.4. The highest BCUT2D eigenvalue weighted by atomic mass is 32.2. The lowest BCUT2D eigenvalue weighted by Crippen LogP contribution is -2.23. The number of thiophene rings is 1. The van der Waals surface area contributed by atoms with Gasteiger partial charge in [-0.15, -0.1) is 11.3 Å². The average Bonchev–Trinajstić information content (AvgIpc) is 3.26. The number of amides is 1. The van der Waals surface area contributed by atoms with Gasteiger partial charge in [0, 0.05) is 36.8 Å². The quantitative estimate of drug-likeness (QED) is 0.257. The van der Waals surface area contributed by atoms with Crippen molar-refractivity contribution in [1.82, 2.24) is 14.5 Å². The van der Waals surface area contributed by atoms with Crippen LogP contribution in [-0.2, 0) is 25.1 Å². The van der Waals surface area contributed by atoms with Gasteiger partial charge in [0.2, 0.25) is 0 Å². The van der Waals surface area contributed by atoms with Crippen molar-refractivity contribution in [3.8, 4) is 0 Å². The number of benzene rings is 2. The maximum absolute atomic E-state index is 13.4. The van der Waals surface area contributed by atoms with Crippen LogP contribution in [0.3, 0.4) is 0 Å². The van der Waals surface area contributed by atoms with E-state index in [0.717, 1.165) is 28.4 Å². The molecule has 0 fully saturated rings. The number of hydrogen-bond acceptors (Lipinski definition) is 5. The van der Waals surface area contributed by atoms with Crippen LogP contribution >= 0.6 is 23.1 Å². The van der Waals surface area contributed by atoms with Crippen LogP contribution in [0.4, 0.5) is 0 Å². The Morgan fingerprint density at radius 1 is 1.06 bits per heavy atom. The minimum Gasteiger partial charge on any atom is -0.345 e. The van der Waals surface area contributed by atoms with Crippen molar-refractivity contribution in [2.24, 2.45) is 0 Å². The topological polar surface area (TPSA) is 55.2 Å². The van der Waals surface area contributed by atoms with E-state index < -0.39 is 0 Å². The van der Waals surface area contributed by atoms with Crippen LogP contribution in [0.2, 0.25) is 0 Å². The van der Waals surface area contributed by atoms with Crippen molar-refractivity contribution in [2.45, 2.75) is 37.2 Å². The van der Waals surface area contributed by atoms with Crippen LogP contribution < -0.4 is 5.56 Å². The molecular weight excluding hydrogens is 450 g/mol. The Labute approximate surface area is 202 Å². The van der Waals surface area contributed by atoms with Crippen molar-refractivity contribution in [3.63, 3.8) is 0 Å². The summed E-state index contributed by atoms with van der Waals surface area (Å²) in [4.78, 5) is 33.9. The van der Waals surface area contributed by atoms with Crippen LogP contribution in [0.1, 0.15) is 33.3 Å². The highest BCUT2D eigenvalue weighted by Gasteiger charge is 2.15. The summed E-state index contributed by atoms with van der Waals surface area (Å²) >= 11 is 3.16. The number of carbonyl (C=O) groups excluding carboxylic acids is 1. The molecule has 0 aliphatic rings. The van der Waals surface area contributed by atoms with Gasteiger partial charge in [0.15, 0.2) is 5.16 Å². The Hall–Kier alpha value is -2.90. The molecule has 0 aliphatic carbocycles. The lowest BCUT2D eigenvalue weighted by atomic mass is 10.1. The summed E-state index contributed by atoms with van der Waals surface area (Å²) in [6, 6.07) is 19.8. The fourth-order valence-corrected chi connectivity index (χ4v) is 5.55. The van der Waals surface area contributed by atoms with E-state index in [1.54, 1.807) is 42.1 Å². The molecule has 2 aromatic heterocycles. The van der Waals surface area contributed by atoms with Crippen LogP contribution in [0, 0.1) is 0 Å². The molecule has 0 aliphatic heterocycles. The first kappa shape index (κ1) is 23.3. The largest absolute Gasteiger partial charge is 0.345 e. The first-order valence-corrected chi connectivity index (χ1v) is 12.8. The molecule has 4 aromatic rings. The number of aromatic nitrogens is 2. The lowest BCUT2D eigenvalue weighted by Gasteiger charge is -2.13. The van der Waals surface area contributed by atoms with E-state index in [-0.39, 0.29) is 11.5 Å². The second kappa shape index (κ2) is 10.4. The van der Waals surface area contributed by atoms with Gasteiger partial charge >= 0.3 is 0 Å². The Balaban J connectivity index is 1.60. The Kier molecular flexibility index (Phi) is 7.30. The third kappa shape index (κ3) is 5.37. The number of rotatable bonds is 8. The highest BCUT2D eigenvalue weighted by Crippen LogP contribution is 2.27. The van der Waals surface area contributed by atoms with E-state index in [1.165, 1.54) is 10.4 Å². The van der Waals surface area contributed by atoms with Gasteiger partial charge in [-0.3, -0.25) is 14.2 Å². The van der Waals surface area contributed by atoms with Gasteiger partial charge in [-0.25, -0.2) is 4.98 Å². The van der Waals surface area contributed by atoms with Gasteiger partial charge < -0.3 is 4.90 Å². The number of thioether (sulfide) groups is 1. The summed E-state index contributed by atoms with van der Waals surface area (Å²) in [5, 5.41) is 1.45. The zero-order chi connectivity index (χ0) is 23.4. The molecule has 0 saturated heterocycles. The van der Waals surface area contributed by atoms with Crippen molar-refractivity contribution in [2.75, 3.05) is 14.1 Å². The Morgan fingerprint density at radius 3 is 2.45 bits per heavy atom. The molecule has 2 heterocycles. The summed E-state index contributed by atoms with van der Waals surface area (Å²) in [5.41, 5.74) is 2.97. The molecule has 4 rings (SSSR count). The average molecular weight is 478 g/mol. The number of aryl methyl sites for hydroxylation is 2. The minimum absolute atomic E-state index is 0.0134. The van der Waals surface area contributed by atoms with Crippen molar-refractivity contribution in [1.29, 1.82) is 0 Å². The normalized spacial score (nSPS) is 11.1. The van der Waals surface area contributed by atoms with E-state index in [4.69, 9.17) is 4.98 Å². The Morgan fingerprint density at radius 2 is 1.79 bits per heavy atom. The van der Waals surface area contributed by atoms with Crippen molar-refractivity contribution < 1.29 is 4.79 Å². The summed E-state index contributed by atoms with van der Waals surface area (Å²) in [6.45, 7) is 2.68. The van der Waals surface area contributed by atoms with Crippen molar-refractivity contribution >= 4 is 39.2 Å². The molecule has 1 amide bonds. The van der Waals surface area contributed by atoms with E-state index >= 15 is 0 Å². The molecule has 0 N–H and O–H groups in total. The van der Waals surface area contributed by atoms with Crippen LogP contribution in [0.15, 0.2) is 70.6 Å². The number of nitrogens with zero attached hydrogens (tertiary/aromatic N) is 3. The molecule has 0 atom stereocenters. The molecule has 5 nitrogen and oxygen atoms in total. The molecule has 0 spiro atoms. The second-order valence-corrected chi connectivity index (χ2v) is 10.1. The van der Waals surface area contributed by atoms with Gasteiger partial charge in [-0.1, -0.05) is 61.2 Å². The number of fused-ring (bicyclic) bond motifs is 1. The molecule has 2 aromatic carbocycles. The minimum atomic E-state index is -0.0134. The molecule has 0 bridgehead atoms. The smallest absolute Gasteiger partial charge is 0.262 e. The maximum Gasteiger partial charge on any atom is 0.262 e. The summed E-state index contributed by atoms with van der Waals surface area (Å²) < 4.78 is 1.82. The lowest BCUT2D eigenvalue weighted by molar-refractivity contribution is 0.0827. The van der Waals surface area contributed by atoms with E-state index in [9.17, 15) is 9.59 Å². The van der Waals surface area contributed by atoms with Crippen LogP contribution in [-0.4, -0.2) is 34.5 Å². The van der Waals surface area contributed by atoms with Gasteiger partial charge in [0.1, 0.15) is 4.83 Å². The van der Waals surface area contributed by atoms with E-state index in [0.29, 0.717) is 23.2 Å². The summed E-state index contributed by atoms with van der Waals surface area (Å²) in [6.07, 6.45) is 1.67. The van der Waals surface area contributed by atoms with Gasteiger partial charge in [0.05, 0.1) is 5.39 Å². The molecule has 0 radical (unpaired) electrons. The SMILES string of the molecule is CCc1cc2c(=O)n(CCc3ccccc3)c(SCc3ccc(C(=O)N(C)C)cc3)nc2s1. The van der Waals surface area contributed by atoms with Gasteiger partial charge in [-0.2, -0.15) is 0 Å². The van der Waals surface area contributed by atoms with E-state index in [2.05, 4.69) is 19.1 Å². The molecule has 33 heavy (non-hydrogen) atoms. The zero-order valence-corrected chi connectivity index (χ0v) is 20.7. The first-order chi connectivity index (χ1) is 16.0. The number of hydrogen-bond donors (Lipinski definition) is 0. The monoisotopic (exact) mass is 477 g/mol. The third-order valence-electron chi connectivity index (χ3n) is 5.46. The Bertz CT molecular complexity index is 1310. The van der Waals surface area contributed by atoms with Gasteiger partial charge in [-0.05, 0) is 42.2 Å². The summed E-state index contributed by atoms with van der Waals surface area (Å²) in [5.74, 6) is 0.659. The molecule has 7 heteroatoms. The second-order valence-electron chi connectivity index (χ2n) is 8.06. The van der Waals surface area contributed by atoms with Crippen molar-refractivity contribution in [3.05, 3.63) is 92.6 Å². The predicted octanol–water partition coefficient (Wildman–Crippen LogP) is 5.26.